The average Bonchev–Trinajstić information content (AvgIpc) is 3.17. The maximum absolute atomic E-state index is 9.58. The molecule has 0 aliphatic carbocycles. The van der Waals surface area contributed by atoms with E-state index in [1.165, 1.54) is 17.3 Å². The molecule has 0 saturated heterocycles. The first-order chi connectivity index (χ1) is 13.2. The van der Waals surface area contributed by atoms with Crippen molar-refractivity contribution in [2.24, 2.45) is 0 Å². The van der Waals surface area contributed by atoms with Crippen LogP contribution < -0.4 is 9.47 Å². The second-order valence-electron chi connectivity index (χ2n) is 6.13. The van der Waals surface area contributed by atoms with Gasteiger partial charge in [-0.2, -0.15) is 9.94 Å². The number of ether oxygens (including phenoxy) is 2. The third-order valence-electron chi connectivity index (χ3n) is 4.14. The molecule has 2 aromatic carbocycles. The monoisotopic (exact) mass is 379 g/mol. The SMILES string of the molecule is Cc1ccc(C[C@H](C#N)Sc2nnnn2-c2ccc3c(c2)OCCO3)cc1. The Bertz CT molecular complexity index is 981. The summed E-state index contributed by atoms with van der Waals surface area (Å²) in [4.78, 5) is 0. The third kappa shape index (κ3) is 3.88. The molecule has 0 fully saturated rings. The number of thioether (sulfide) groups is 1. The molecule has 4 rings (SSSR count). The molecule has 1 aliphatic rings. The fourth-order valence-electron chi connectivity index (χ4n) is 2.76. The van der Waals surface area contributed by atoms with E-state index >= 15 is 0 Å². The summed E-state index contributed by atoms with van der Waals surface area (Å²) in [6, 6.07) is 16.1. The van der Waals surface area contributed by atoms with Crippen LogP contribution in [0.1, 0.15) is 11.1 Å². The summed E-state index contributed by atoms with van der Waals surface area (Å²) in [6.07, 6.45) is 0.620. The molecule has 0 bridgehead atoms. The fourth-order valence-corrected chi connectivity index (χ4v) is 3.67. The molecule has 136 valence electrons. The van der Waals surface area contributed by atoms with Gasteiger partial charge in [0, 0.05) is 6.07 Å². The molecular weight excluding hydrogens is 362 g/mol. The van der Waals surface area contributed by atoms with Crippen molar-refractivity contribution < 1.29 is 9.47 Å². The molecule has 0 radical (unpaired) electrons. The van der Waals surface area contributed by atoms with E-state index in [9.17, 15) is 5.26 Å². The number of hydrogen-bond donors (Lipinski definition) is 0. The van der Waals surface area contributed by atoms with Crippen molar-refractivity contribution in [1.29, 1.82) is 5.26 Å². The van der Waals surface area contributed by atoms with E-state index in [1.54, 1.807) is 4.68 Å². The average molecular weight is 379 g/mol. The summed E-state index contributed by atoms with van der Waals surface area (Å²) >= 11 is 1.35. The van der Waals surface area contributed by atoms with Crippen LogP contribution >= 0.6 is 11.8 Å². The second-order valence-corrected chi connectivity index (χ2v) is 7.30. The first-order valence-corrected chi connectivity index (χ1v) is 9.41. The zero-order valence-corrected chi connectivity index (χ0v) is 15.5. The van der Waals surface area contributed by atoms with Crippen LogP contribution in [0.15, 0.2) is 47.6 Å². The Balaban J connectivity index is 1.54. The normalized spacial score (nSPS) is 13.8. The first-order valence-electron chi connectivity index (χ1n) is 8.53. The molecule has 27 heavy (non-hydrogen) atoms. The van der Waals surface area contributed by atoms with Gasteiger partial charge in [-0.25, -0.2) is 0 Å². The number of tetrazole rings is 1. The van der Waals surface area contributed by atoms with E-state index in [-0.39, 0.29) is 5.25 Å². The van der Waals surface area contributed by atoms with E-state index < -0.39 is 0 Å². The Kier molecular flexibility index (Phi) is 4.94. The van der Waals surface area contributed by atoms with Crippen molar-refractivity contribution in [3.8, 4) is 23.3 Å². The van der Waals surface area contributed by atoms with Crippen molar-refractivity contribution in [2.75, 3.05) is 13.2 Å². The van der Waals surface area contributed by atoms with E-state index in [4.69, 9.17) is 9.47 Å². The minimum absolute atomic E-state index is 0.297. The van der Waals surface area contributed by atoms with Crippen molar-refractivity contribution in [3.05, 3.63) is 53.6 Å². The number of nitrogens with zero attached hydrogens (tertiary/aromatic N) is 5. The van der Waals surface area contributed by atoms with Gasteiger partial charge in [0.2, 0.25) is 5.16 Å². The summed E-state index contributed by atoms with van der Waals surface area (Å²) in [7, 11) is 0. The summed E-state index contributed by atoms with van der Waals surface area (Å²) in [5, 5.41) is 21.8. The van der Waals surface area contributed by atoms with Gasteiger partial charge >= 0.3 is 0 Å². The van der Waals surface area contributed by atoms with Crippen molar-refractivity contribution >= 4 is 11.8 Å². The van der Waals surface area contributed by atoms with Crippen LogP contribution in [-0.2, 0) is 6.42 Å². The van der Waals surface area contributed by atoms with Crippen molar-refractivity contribution in [3.63, 3.8) is 0 Å². The van der Waals surface area contributed by atoms with Gasteiger partial charge in [0.25, 0.3) is 0 Å². The van der Waals surface area contributed by atoms with Gasteiger partial charge in [-0.3, -0.25) is 0 Å². The molecule has 0 saturated carbocycles. The zero-order valence-electron chi connectivity index (χ0n) is 14.7. The lowest BCUT2D eigenvalue weighted by molar-refractivity contribution is 0.171. The van der Waals surface area contributed by atoms with Gasteiger partial charge in [0.15, 0.2) is 11.5 Å². The number of fused-ring (bicyclic) bond motifs is 1. The Morgan fingerprint density at radius 1 is 1.15 bits per heavy atom. The van der Waals surface area contributed by atoms with E-state index in [1.807, 2.05) is 49.4 Å². The largest absolute Gasteiger partial charge is 0.486 e. The lowest BCUT2D eigenvalue weighted by atomic mass is 10.1. The third-order valence-corrected chi connectivity index (χ3v) is 5.17. The lowest BCUT2D eigenvalue weighted by Gasteiger charge is -2.18. The number of benzene rings is 2. The van der Waals surface area contributed by atoms with Crippen LogP contribution in [-0.4, -0.2) is 38.7 Å². The molecule has 7 nitrogen and oxygen atoms in total. The molecule has 8 heteroatoms. The Morgan fingerprint density at radius 2 is 1.93 bits per heavy atom. The molecule has 1 atom stereocenters. The highest BCUT2D eigenvalue weighted by Gasteiger charge is 2.19. The zero-order chi connectivity index (χ0) is 18.6. The van der Waals surface area contributed by atoms with Crippen LogP contribution in [0, 0.1) is 18.3 Å². The number of aryl methyl sites for hydroxylation is 1. The maximum atomic E-state index is 9.58. The molecule has 2 heterocycles. The molecule has 1 aromatic heterocycles. The van der Waals surface area contributed by atoms with Gasteiger partial charge in [0.05, 0.1) is 11.8 Å². The smallest absolute Gasteiger partial charge is 0.215 e. The lowest BCUT2D eigenvalue weighted by Crippen LogP contribution is -2.15. The molecule has 3 aromatic rings. The molecule has 0 N–H and O–H groups in total. The molecule has 0 spiro atoms. The topological polar surface area (TPSA) is 85.9 Å². The van der Waals surface area contributed by atoms with Crippen LogP contribution in [0.2, 0.25) is 0 Å². The number of aromatic nitrogens is 4. The van der Waals surface area contributed by atoms with E-state index in [0.717, 1.165) is 11.3 Å². The van der Waals surface area contributed by atoms with Gasteiger partial charge in [-0.15, -0.1) is 5.10 Å². The Morgan fingerprint density at radius 3 is 2.70 bits per heavy atom. The highest BCUT2D eigenvalue weighted by Crippen LogP contribution is 2.33. The van der Waals surface area contributed by atoms with Crippen molar-refractivity contribution in [2.45, 2.75) is 23.8 Å². The van der Waals surface area contributed by atoms with Crippen LogP contribution in [0.25, 0.3) is 5.69 Å². The summed E-state index contributed by atoms with van der Waals surface area (Å²) in [5.74, 6) is 1.38. The molecule has 1 aliphatic heterocycles. The molecular formula is C19H17N5O2S. The fraction of sp³-hybridized carbons (Fsp3) is 0.263. The summed E-state index contributed by atoms with van der Waals surface area (Å²) in [6.45, 7) is 3.10. The second kappa shape index (κ2) is 7.68. The van der Waals surface area contributed by atoms with Gasteiger partial charge in [-0.05, 0) is 41.5 Å². The number of rotatable bonds is 5. The Labute approximate surface area is 160 Å². The summed E-state index contributed by atoms with van der Waals surface area (Å²) < 4.78 is 12.8. The maximum Gasteiger partial charge on any atom is 0.215 e. The minimum Gasteiger partial charge on any atom is -0.486 e. The van der Waals surface area contributed by atoms with Crippen LogP contribution in [0.5, 0.6) is 11.5 Å². The Hall–Kier alpha value is -3.05. The molecule has 0 amide bonds. The van der Waals surface area contributed by atoms with Crippen LogP contribution in [0.3, 0.4) is 0 Å². The van der Waals surface area contributed by atoms with Gasteiger partial charge < -0.3 is 9.47 Å². The summed E-state index contributed by atoms with van der Waals surface area (Å²) in [5.41, 5.74) is 3.07. The molecule has 0 unspecified atom stereocenters. The first kappa shape index (κ1) is 17.4. The standard InChI is InChI=1S/C19H17N5O2S/c1-13-2-4-14(5-3-13)10-16(12-20)27-19-21-22-23-24(19)15-6-7-17-18(11-15)26-9-8-25-17/h2-7,11,16H,8-10H2,1H3/t16-/m1/s1. The predicted octanol–water partition coefficient (Wildman–Crippen LogP) is 2.97. The van der Waals surface area contributed by atoms with E-state index in [0.29, 0.717) is 36.3 Å². The highest BCUT2D eigenvalue weighted by atomic mass is 32.2. The quantitative estimate of drug-likeness (QED) is 0.630. The van der Waals surface area contributed by atoms with Gasteiger partial charge in [0.1, 0.15) is 18.5 Å². The van der Waals surface area contributed by atoms with E-state index in [2.05, 4.69) is 21.6 Å². The highest BCUT2D eigenvalue weighted by molar-refractivity contribution is 8.00. The minimum atomic E-state index is -0.297. The van der Waals surface area contributed by atoms with Crippen molar-refractivity contribution in [1.82, 2.24) is 20.2 Å². The predicted molar refractivity (Wildman–Crippen MR) is 100 cm³/mol. The van der Waals surface area contributed by atoms with Crippen LogP contribution in [0.4, 0.5) is 0 Å². The number of hydrogen-bond acceptors (Lipinski definition) is 7. The number of nitriles is 1. The van der Waals surface area contributed by atoms with Gasteiger partial charge in [-0.1, -0.05) is 41.6 Å².